The quantitative estimate of drug-likeness (QED) is 0.618. The van der Waals surface area contributed by atoms with Gasteiger partial charge in [-0.05, 0) is 44.9 Å². The van der Waals surface area contributed by atoms with Crippen LogP contribution in [0, 0.1) is 26.7 Å². The van der Waals surface area contributed by atoms with Crippen molar-refractivity contribution in [2.75, 3.05) is 18.8 Å². The number of nitrogens with two attached hydrogens (primary N) is 1. The molecule has 3 heterocycles. The number of hydrogen-bond acceptors (Lipinski definition) is 5. The first-order valence-electron chi connectivity index (χ1n) is 10.6. The van der Waals surface area contributed by atoms with Crippen molar-refractivity contribution >= 4 is 17.5 Å². The Hall–Kier alpha value is -3.42. The van der Waals surface area contributed by atoms with Gasteiger partial charge in [0.1, 0.15) is 5.82 Å². The van der Waals surface area contributed by atoms with Crippen molar-refractivity contribution < 1.29 is 9.59 Å². The van der Waals surface area contributed by atoms with Crippen LogP contribution in [0.3, 0.4) is 0 Å². The Morgan fingerprint density at radius 1 is 1.16 bits per heavy atom. The number of aryl methyl sites for hydroxylation is 2. The molecule has 2 aromatic heterocycles. The summed E-state index contributed by atoms with van der Waals surface area (Å²) < 4.78 is 3.46. The molecule has 0 unspecified atom stereocenters. The molecule has 4 rings (SSSR count). The fourth-order valence-corrected chi connectivity index (χ4v) is 4.11. The zero-order valence-corrected chi connectivity index (χ0v) is 18.2. The van der Waals surface area contributed by atoms with Crippen molar-refractivity contribution in [3.05, 3.63) is 59.0 Å². The Kier molecular flexibility index (Phi) is 5.63. The highest BCUT2D eigenvalue weighted by atomic mass is 16.2. The van der Waals surface area contributed by atoms with Crippen LogP contribution in [0.5, 0.6) is 0 Å². The molecule has 1 atom stereocenters. The van der Waals surface area contributed by atoms with Crippen molar-refractivity contribution in [3.8, 4) is 5.69 Å². The van der Waals surface area contributed by atoms with Crippen LogP contribution in [0.2, 0.25) is 0 Å². The number of Topliss-reactive ketones (excluding diaryl/α,β-unsaturated/α-hetero) is 1. The van der Waals surface area contributed by atoms with E-state index in [1.165, 1.54) is 6.20 Å². The third-order valence-corrected chi connectivity index (χ3v) is 6.27. The molecule has 1 aliphatic heterocycles. The lowest BCUT2D eigenvalue weighted by atomic mass is 9.98. The van der Waals surface area contributed by atoms with Crippen LogP contribution >= 0.6 is 0 Å². The first-order chi connectivity index (χ1) is 14.9. The molecule has 2 N–H and O–H groups in total. The predicted octanol–water partition coefficient (Wildman–Crippen LogP) is 2.70. The van der Waals surface area contributed by atoms with Crippen molar-refractivity contribution in [3.63, 3.8) is 0 Å². The number of likely N-dealkylation sites (tertiary alicyclic amines) is 1. The van der Waals surface area contributed by atoms with E-state index in [1.54, 1.807) is 9.58 Å². The predicted molar refractivity (Wildman–Crippen MR) is 118 cm³/mol. The number of rotatable bonds is 6. The number of nitrogens with zero attached hydrogens (tertiary/aromatic N) is 5. The summed E-state index contributed by atoms with van der Waals surface area (Å²) in [6, 6.07) is 9.47. The van der Waals surface area contributed by atoms with Crippen molar-refractivity contribution in [2.24, 2.45) is 5.92 Å². The van der Waals surface area contributed by atoms with E-state index in [9.17, 15) is 9.59 Å². The van der Waals surface area contributed by atoms with Gasteiger partial charge in [0.05, 0.1) is 23.1 Å². The zero-order valence-electron chi connectivity index (χ0n) is 18.2. The van der Waals surface area contributed by atoms with Crippen LogP contribution in [-0.4, -0.2) is 49.2 Å². The summed E-state index contributed by atoms with van der Waals surface area (Å²) in [6.45, 7) is 7.58. The Morgan fingerprint density at radius 3 is 2.58 bits per heavy atom. The summed E-state index contributed by atoms with van der Waals surface area (Å²) in [5.74, 6) is 0.0779. The van der Waals surface area contributed by atoms with Gasteiger partial charge >= 0.3 is 0 Å². The number of ketones is 1. The maximum Gasteiger partial charge on any atom is 0.224 e. The fourth-order valence-electron chi connectivity index (χ4n) is 4.11. The monoisotopic (exact) mass is 420 g/mol. The van der Waals surface area contributed by atoms with Crippen LogP contribution in [-0.2, 0) is 11.3 Å². The lowest BCUT2D eigenvalue weighted by molar-refractivity contribution is -0.130. The summed E-state index contributed by atoms with van der Waals surface area (Å²) in [4.78, 5) is 27.6. The second-order valence-corrected chi connectivity index (χ2v) is 8.15. The highest BCUT2D eigenvalue weighted by Gasteiger charge is 2.33. The molecule has 3 aromatic rings. The smallest absolute Gasteiger partial charge is 0.224 e. The molecule has 8 nitrogen and oxygen atoms in total. The topological polar surface area (TPSA) is 99.0 Å². The number of amides is 1. The van der Waals surface area contributed by atoms with E-state index in [0.29, 0.717) is 43.9 Å². The van der Waals surface area contributed by atoms with Crippen LogP contribution in [0.15, 0.2) is 36.5 Å². The van der Waals surface area contributed by atoms with E-state index >= 15 is 0 Å². The lowest BCUT2D eigenvalue weighted by Crippen LogP contribution is -2.30. The number of carbonyl (C=O) groups is 2. The third-order valence-electron chi connectivity index (χ3n) is 6.27. The average molecular weight is 421 g/mol. The normalized spacial score (nSPS) is 16.1. The molecule has 0 bridgehead atoms. The van der Waals surface area contributed by atoms with Gasteiger partial charge in [-0.1, -0.05) is 18.2 Å². The van der Waals surface area contributed by atoms with Gasteiger partial charge in [0, 0.05) is 37.7 Å². The summed E-state index contributed by atoms with van der Waals surface area (Å²) >= 11 is 0. The second-order valence-electron chi connectivity index (χ2n) is 8.15. The van der Waals surface area contributed by atoms with Gasteiger partial charge in [-0.3, -0.25) is 14.3 Å². The highest BCUT2D eigenvalue weighted by Crippen LogP contribution is 2.26. The highest BCUT2D eigenvalue weighted by molar-refractivity contribution is 6.02. The molecule has 1 aromatic carbocycles. The molecule has 0 spiro atoms. The van der Waals surface area contributed by atoms with Gasteiger partial charge in [-0.25, -0.2) is 4.68 Å². The minimum atomic E-state index is -0.254. The minimum Gasteiger partial charge on any atom is -0.383 e. The fraction of sp³-hybridized carbons (Fsp3) is 0.391. The molecule has 1 aliphatic rings. The molecule has 0 radical (unpaired) electrons. The summed E-state index contributed by atoms with van der Waals surface area (Å²) in [5.41, 5.74) is 10.7. The first-order valence-corrected chi connectivity index (χ1v) is 10.6. The second kappa shape index (κ2) is 8.37. The van der Waals surface area contributed by atoms with E-state index in [1.807, 2.05) is 55.8 Å². The molecular weight excluding hydrogens is 392 g/mol. The third kappa shape index (κ3) is 3.97. The van der Waals surface area contributed by atoms with Gasteiger partial charge < -0.3 is 10.6 Å². The Morgan fingerprint density at radius 2 is 1.90 bits per heavy atom. The first kappa shape index (κ1) is 20.8. The van der Waals surface area contributed by atoms with E-state index in [-0.39, 0.29) is 17.6 Å². The molecule has 0 saturated carbocycles. The molecule has 162 valence electrons. The van der Waals surface area contributed by atoms with Crippen molar-refractivity contribution in [2.45, 2.75) is 40.2 Å². The Balaban J connectivity index is 1.38. The van der Waals surface area contributed by atoms with Gasteiger partial charge in [0.25, 0.3) is 0 Å². The Bertz CT molecular complexity index is 1110. The van der Waals surface area contributed by atoms with E-state index in [0.717, 1.165) is 22.6 Å². The van der Waals surface area contributed by atoms with Crippen LogP contribution < -0.4 is 5.73 Å². The molecule has 1 fully saturated rings. The molecule has 0 aliphatic carbocycles. The Labute approximate surface area is 181 Å². The van der Waals surface area contributed by atoms with E-state index in [4.69, 9.17) is 5.73 Å². The van der Waals surface area contributed by atoms with Crippen LogP contribution in [0.1, 0.15) is 40.2 Å². The minimum absolute atomic E-state index is 0.0495. The van der Waals surface area contributed by atoms with E-state index in [2.05, 4.69) is 10.2 Å². The van der Waals surface area contributed by atoms with Crippen molar-refractivity contribution in [1.82, 2.24) is 24.5 Å². The summed E-state index contributed by atoms with van der Waals surface area (Å²) in [7, 11) is 0. The lowest BCUT2D eigenvalue weighted by Gasteiger charge is -2.16. The maximum absolute atomic E-state index is 13.1. The number of anilines is 1. The summed E-state index contributed by atoms with van der Waals surface area (Å²) in [5, 5.41) is 8.79. The number of para-hydroxylation sites is 1. The van der Waals surface area contributed by atoms with Crippen molar-refractivity contribution in [1.29, 1.82) is 0 Å². The largest absolute Gasteiger partial charge is 0.383 e. The molecule has 8 heteroatoms. The zero-order chi connectivity index (χ0) is 22.1. The standard InChI is InChI=1S/C23H28N6O2/c1-15-16(2)26-28(17(15)3)12-10-21(30)27-11-9-18(14-27)22(31)20-13-25-29(23(20)24)19-7-5-4-6-8-19/h4-8,13,18H,9-12,14,24H2,1-3H3/t18-/m1/s1. The number of hydrogen-bond donors (Lipinski definition) is 1. The van der Waals surface area contributed by atoms with Gasteiger partial charge in [0.2, 0.25) is 5.91 Å². The molecule has 31 heavy (non-hydrogen) atoms. The van der Waals surface area contributed by atoms with Gasteiger partial charge in [-0.15, -0.1) is 0 Å². The number of nitrogen functional groups attached to an aromatic ring is 1. The van der Waals surface area contributed by atoms with Gasteiger partial charge in [-0.2, -0.15) is 10.2 Å². The van der Waals surface area contributed by atoms with Crippen LogP contribution in [0.4, 0.5) is 5.82 Å². The number of benzene rings is 1. The van der Waals surface area contributed by atoms with E-state index < -0.39 is 0 Å². The van der Waals surface area contributed by atoms with Gasteiger partial charge in [0.15, 0.2) is 5.78 Å². The van der Waals surface area contributed by atoms with Crippen LogP contribution in [0.25, 0.3) is 5.69 Å². The summed E-state index contributed by atoms with van der Waals surface area (Å²) in [6.07, 6.45) is 2.54. The molecule has 1 amide bonds. The maximum atomic E-state index is 13.1. The SMILES string of the molecule is Cc1nn(CCC(=O)N2CC[C@@H](C(=O)c3cnn(-c4ccccc4)c3N)C2)c(C)c1C. The number of carbonyl (C=O) groups excluding carboxylic acids is 2. The average Bonchev–Trinajstić information content (AvgIpc) is 3.47. The number of aromatic nitrogens is 4. The molecule has 1 saturated heterocycles. The molecular formula is C23H28N6O2.